The van der Waals surface area contributed by atoms with Crippen molar-refractivity contribution in [2.24, 2.45) is 0 Å². The van der Waals surface area contributed by atoms with E-state index in [1.807, 2.05) is 0 Å². The Morgan fingerprint density at radius 1 is 1.20 bits per heavy atom. The molecule has 1 aliphatic heterocycles. The number of hydrogen-bond acceptors (Lipinski definition) is 1. The molecular weight excluding hydrogens is 182 g/mol. The van der Waals surface area contributed by atoms with Crippen LogP contribution in [0.1, 0.15) is 31.4 Å². The lowest BCUT2D eigenvalue weighted by atomic mass is 10.00. The lowest BCUT2D eigenvalue weighted by Gasteiger charge is -2.28. The predicted octanol–water partition coefficient (Wildman–Crippen LogP) is 3.40. The highest BCUT2D eigenvalue weighted by atomic mass is 15.2. The maximum absolute atomic E-state index is 4.13. The van der Waals surface area contributed by atoms with E-state index in [1.54, 1.807) is 0 Å². The fraction of sp³-hybridized carbons (Fsp3) is 0.429. The van der Waals surface area contributed by atoms with Crippen LogP contribution >= 0.6 is 0 Å². The summed E-state index contributed by atoms with van der Waals surface area (Å²) in [6, 6.07) is 11.1. The highest BCUT2D eigenvalue weighted by molar-refractivity contribution is 5.26. The lowest BCUT2D eigenvalue weighted by Crippen LogP contribution is -2.26. The van der Waals surface area contributed by atoms with Gasteiger partial charge in [-0.25, -0.2) is 0 Å². The van der Waals surface area contributed by atoms with Crippen molar-refractivity contribution in [3.05, 3.63) is 48.0 Å². The third-order valence-corrected chi connectivity index (χ3v) is 3.09. The molecule has 0 aliphatic carbocycles. The first-order valence-corrected chi connectivity index (χ1v) is 5.73. The molecule has 80 valence electrons. The van der Waals surface area contributed by atoms with Crippen molar-refractivity contribution in [2.45, 2.75) is 25.8 Å². The average Bonchev–Trinajstić information content (AvgIpc) is 2.72. The Balaban J connectivity index is 2.23. The minimum absolute atomic E-state index is 0.425. The van der Waals surface area contributed by atoms with E-state index in [1.165, 1.54) is 37.1 Å². The largest absolute Gasteiger partial charge is 0.293 e. The molecule has 1 fully saturated rings. The van der Waals surface area contributed by atoms with Crippen molar-refractivity contribution < 1.29 is 0 Å². The van der Waals surface area contributed by atoms with Gasteiger partial charge in [0.05, 0.1) is 6.04 Å². The molecule has 0 aromatic heterocycles. The summed E-state index contributed by atoms with van der Waals surface area (Å²) in [6.45, 7) is 8.70. The van der Waals surface area contributed by atoms with E-state index >= 15 is 0 Å². The smallest absolute Gasteiger partial charge is 0.0555 e. The number of hydrogen-bond donors (Lipinski definition) is 0. The van der Waals surface area contributed by atoms with Crippen molar-refractivity contribution in [2.75, 3.05) is 13.1 Å². The van der Waals surface area contributed by atoms with E-state index in [0.717, 1.165) is 0 Å². The summed E-state index contributed by atoms with van der Waals surface area (Å²) < 4.78 is 0. The van der Waals surface area contributed by atoms with Gasteiger partial charge < -0.3 is 0 Å². The fourth-order valence-electron chi connectivity index (χ4n) is 2.44. The second-order valence-electron chi connectivity index (χ2n) is 4.40. The Labute approximate surface area is 92.4 Å². The molecule has 15 heavy (non-hydrogen) atoms. The first kappa shape index (κ1) is 10.4. The first-order chi connectivity index (χ1) is 7.29. The summed E-state index contributed by atoms with van der Waals surface area (Å²) in [5.41, 5.74) is 2.63. The summed E-state index contributed by atoms with van der Waals surface area (Å²) >= 11 is 0. The molecule has 1 nitrogen and oxygen atoms in total. The van der Waals surface area contributed by atoms with E-state index in [9.17, 15) is 0 Å². The molecule has 0 radical (unpaired) electrons. The Hall–Kier alpha value is -1.08. The van der Waals surface area contributed by atoms with Gasteiger partial charge in [0.1, 0.15) is 0 Å². The lowest BCUT2D eigenvalue weighted by molar-refractivity contribution is 0.277. The van der Waals surface area contributed by atoms with Gasteiger partial charge in [0.2, 0.25) is 0 Å². The highest BCUT2D eigenvalue weighted by Gasteiger charge is 2.23. The van der Waals surface area contributed by atoms with Crippen LogP contribution in [0, 0.1) is 0 Å². The minimum atomic E-state index is 0.425. The summed E-state index contributed by atoms with van der Waals surface area (Å²) in [6.07, 6.45) is 2.66. The zero-order valence-corrected chi connectivity index (χ0v) is 9.45. The standard InChI is InChI=1S/C14H19N/c1-12(2)14(15-10-6-7-11-15)13-8-4-3-5-9-13/h3-5,8-9,14H,1,6-7,10-11H2,2H3. The SMILES string of the molecule is C=C(C)C(c1ccccc1)N1CCCC1. The molecule has 1 aromatic carbocycles. The molecule has 0 N–H and O–H groups in total. The summed E-state index contributed by atoms with van der Waals surface area (Å²) in [5.74, 6) is 0. The number of nitrogens with zero attached hydrogens (tertiary/aromatic N) is 1. The molecule has 0 amide bonds. The maximum Gasteiger partial charge on any atom is 0.0555 e. The van der Waals surface area contributed by atoms with Crippen LogP contribution in [-0.2, 0) is 0 Å². The van der Waals surface area contributed by atoms with Crippen LogP contribution in [0.25, 0.3) is 0 Å². The first-order valence-electron chi connectivity index (χ1n) is 5.73. The summed E-state index contributed by atoms with van der Waals surface area (Å²) in [7, 11) is 0. The molecule has 0 saturated carbocycles. The number of benzene rings is 1. The third kappa shape index (κ3) is 2.29. The highest BCUT2D eigenvalue weighted by Crippen LogP contribution is 2.29. The molecule has 1 aromatic rings. The van der Waals surface area contributed by atoms with Crippen molar-refractivity contribution >= 4 is 0 Å². The van der Waals surface area contributed by atoms with Crippen LogP contribution in [0.3, 0.4) is 0 Å². The fourth-order valence-corrected chi connectivity index (χ4v) is 2.44. The molecule has 1 unspecified atom stereocenters. The zero-order valence-electron chi connectivity index (χ0n) is 9.45. The van der Waals surface area contributed by atoms with Crippen molar-refractivity contribution in [3.63, 3.8) is 0 Å². The molecule has 0 spiro atoms. The van der Waals surface area contributed by atoms with Crippen LogP contribution < -0.4 is 0 Å². The Kier molecular flexibility index (Phi) is 3.22. The van der Waals surface area contributed by atoms with Crippen LogP contribution in [0.4, 0.5) is 0 Å². The Morgan fingerprint density at radius 2 is 1.80 bits per heavy atom. The summed E-state index contributed by atoms with van der Waals surface area (Å²) in [4.78, 5) is 2.54. The van der Waals surface area contributed by atoms with Crippen LogP contribution in [0.15, 0.2) is 42.5 Å². The Bertz CT molecular complexity index is 322. The van der Waals surface area contributed by atoms with Crippen molar-refractivity contribution in [1.29, 1.82) is 0 Å². The van der Waals surface area contributed by atoms with Gasteiger partial charge in [-0.2, -0.15) is 0 Å². The van der Waals surface area contributed by atoms with E-state index in [4.69, 9.17) is 0 Å². The molecule has 0 bridgehead atoms. The molecule has 2 rings (SSSR count). The van der Waals surface area contributed by atoms with E-state index in [2.05, 4.69) is 48.7 Å². The molecule has 1 heterocycles. The van der Waals surface area contributed by atoms with Gasteiger partial charge in [-0.1, -0.05) is 42.5 Å². The predicted molar refractivity (Wildman–Crippen MR) is 64.8 cm³/mol. The second-order valence-corrected chi connectivity index (χ2v) is 4.40. The Morgan fingerprint density at radius 3 is 2.33 bits per heavy atom. The van der Waals surface area contributed by atoms with Gasteiger partial charge in [-0.05, 0) is 38.4 Å². The molecular formula is C14H19N. The van der Waals surface area contributed by atoms with Gasteiger partial charge in [-0.3, -0.25) is 4.90 Å². The quantitative estimate of drug-likeness (QED) is 0.677. The molecule has 1 heteroatoms. The molecule has 1 saturated heterocycles. The topological polar surface area (TPSA) is 3.24 Å². The van der Waals surface area contributed by atoms with E-state index in [0.29, 0.717) is 6.04 Å². The van der Waals surface area contributed by atoms with Gasteiger partial charge in [0, 0.05) is 0 Å². The van der Waals surface area contributed by atoms with Crippen LogP contribution in [-0.4, -0.2) is 18.0 Å². The molecule has 1 atom stereocenters. The normalized spacial score (nSPS) is 19.0. The van der Waals surface area contributed by atoms with Gasteiger partial charge in [-0.15, -0.1) is 0 Å². The zero-order chi connectivity index (χ0) is 10.7. The number of likely N-dealkylation sites (tertiary alicyclic amines) is 1. The molecule has 1 aliphatic rings. The van der Waals surface area contributed by atoms with E-state index < -0.39 is 0 Å². The van der Waals surface area contributed by atoms with Gasteiger partial charge >= 0.3 is 0 Å². The second kappa shape index (κ2) is 4.63. The maximum atomic E-state index is 4.13. The average molecular weight is 201 g/mol. The van der Waals surface area contributed by atoms with Crippen LogP contribution in [0.5, 0.6) is 0 Å². The van der Waals surface area contributed by atoms with E-state index in [-0.39, 0.29) is 0 Å². The van der Waals surface area contributed by atoms with Gasteiger partial charge in [0.15, 0.2) is 0 Å². The van der Waals surface area contributed by atoms with Crippen molar-refractivity contribution in [1.82, 2.24) is 4.90 Å². The summed E-state index contributed by atoms with van der Waals surface area (Å²) in [5, 5.41) is 0. The number of rotatable bonds is 3. The minimum Gasteiger partial charge on any atom is -0.293 e. The monoisotopic (exact) mass is 201 g/mol. The third-order valence-electron chi connectivity index (χ3n) is 3.09. The van der Waals surface area contributed by atoms with Gasteiger partial charge in [0.25, 0.3) is 0 Å². The van der Waals surface area contributed by atoms with Crippen LogP contribution in [0.2, 0.25) is 0 Å². The van der Waals surface area contributed by atoms with Crippen molar-refractivity contribution in [3.8, 4) is 0 Å².